The first kappa shape index (κ1) is 28.3. The summed E-state index contributed by atoms with van der Waals surface area (Å²) < 4.78 is 18.9. The lowest BCUT2D eigenvalue weighted by molar-refractivity contribution is -0.168. The van der Waals surface area contributed by atoms with Crippen molar-refractivity contribution >= 4 is 29.0 Å². The van der Waals surface area contributed by atoms with Crippen LogP contribution in [0.1, 0.15) is 64.8 Å². The summed E-state index contributed by atoms with van der Waals surface area (Å²) in [6, 6.07) is 7.66. The summed E-state index contributed by atoms with van der Waals surface area (Å²) >= 11 is 6.31. The van der Waals surface area contributed by atoms with E-state index in [1.807, 2.05) is 62.7 Å². The van der Waals surface area contributed by atoms with Crippen molar-refractivity contribution in [1.82, 2.24) is 14.6 Å². The molecule has 3 aromatic rings. The van der Waals surface area contributed by atoms with Gasteiger partial charge in [0.15, 0.2) is 11.8 Å². The second-order valence-corrected chi connectivity index (χ2v) is 12.1. The predicted octanol–water partition coefficient (Wildman–Crippen LogP) is 6.03. The minimum atomic E-state index is -0.979. The smallest absolute Gasteiger partial charge is 0.340 e. The fourth-order valence-electron chi connectivity index (χ4n) is 4.77. The van der Waals surface area contributed by atoms with Crippen LogP contribution in [0.4, 0.5) is 5.82 Å². The van der Waals surface area contributed by atoms with E-state index in [0.717, 1.165) is 42.9 Å². The molecular weight excluding hydrogens is 504 g/mol. The number of ether oxygens (including phenoxy) is 3. The number of hydrogen-bond acceptors (Lipinski definition) is 7. The summed E-state index contributed by atoms with van der Waals surface area (Å²) in [4.78, 5) is 20.8. The molecule has 9 heteroatoms. The van der Waals surface area contributed by atoms with E-state index in [0.29, 0.717) is 28.5 Å². The van der Waals surface area contributed by atoms with Crippen LogP contribution in [0, 0.1) is 12.3 Å². The Morgan fingerprint density at radius 1 is 1.18 bits per heavy atom. The van der Waals surface area contributed by atoms with Crippen molar-refractivity contribution in [3.8, 4) is 11.1 Å². The summed E-state index contributed by atoms with van der Waals surface area (Å²) in [5.41, 5.74) is 3.51. The molecule has 1 atom stereocenters. The molecule has 0 amide bonds. The average Bonchev–Trinajstić information content (AvgIpc) is 3.25. The van der Waals surface area contributed by atoms with Crippen molar-refractivity contribution in [3.63, 3.8) is 0 Å². The van der Waals surface area contributed by atoms with Crippen molar-refractivity contribution < 1.29 is 19.0 Å². The Hall–Kier alpha value is -2.68. The molecule has 0 aliphatic carbocycles. The molecule has 0 spiro atoms. The zero-order valence-corrected chi connectivity index (χ0v) is 24.3. The monoisotopic (exact) mass is 542 g/mol. The van der Waals surface area contributed by atoms with Gasteiger partial charge in [0, 0.05) is 36.5 Å². The number of carbonyl (C=O) groups excluding carboxylic acids is 1. The molecule has 0 bridgehead atoms. The molecule has 38 heavy (non-hydrogen) atoms. The Balaban J connectivity index is 1.91. The molecule has 1 saturated heterocycles. The van der Waals surface area contributed by atoms with Crippen LogP contribution in [-0.2, 0) is 19.0 Å². The maximum atomic E-state index is 13.5. The summed E-state index contributed by atoms with van der Waals surface area (Å²) in [5.74, 6) is 0.344. The van der Waals surface area contributed by atoms with Gasteiger partial charge in [-0.25, -0.2) is 9.78 Å². The lowest BCUT2D eigenvalue weighted by Gasteiger charge is -2.39. The highest BCUT2D eigenvalue weighted by atomic mass is 35.5. The van der Waals surface area contributed by atoms with Crippen LogP contribution in [0.5, 0.6) is 0 Å². The number of carbonyl (C=O) groups is 1. The van der Waals surface area contributed by atoms with Gasteiger partial charge in [-0.1, -0.05) is 37.6 Å². The molecule has 206 valence electrons. The number of aryl methyl sites for hydroxylation is 1. The van der Waals surface area contributed by atoms with Gasteiger partial charge in [0.2, 0.25) is 0 Å². The first-order valence-corrected chi connectivity index (χ1v) is 13.5. The summed E-state index contributed by atoms with van der Waals surface area (Å²) in [5, 5.41) is 5.44. The number of nitrogens with zero attached hydrogens (tertiary/aromatic N) is 4. The fourth-order valence-corrected chi connectivity index (χ4v) is 4.96. The van der Waals surface area contributed by atoms with E-state index in [9.17, 15) is 4.79 Å². The van der Waals surface area contributed by atoms with E-state index in [1.54, 1.807) is 7.11 Å². The molecule has 4 rings (SSSR count). The van der Waals surface area contributed by atoms with E-state index < -0.39 is 17.7 Å². The van der Waals surface area contributed by atoms with Gasteiger partial charge in [-0.2, -0.15) is 9.61 Å². The lowest BCUT2D eigenvalue weighted by Crippen LogP contribution is -2.40. The number of methoxy groups -OCH3 is 1. The van der Waals surface area contributed by atoms with Crippen molar-refractivity contribution in [3.05, 3.63) is 46.7 Å². The standard InChI is InChI=1S/C29H39ClN4O4/c1-19-23(24(38-28(2,3)4)27(35)37-16-15-36-7)26(33-13-11-29(5,6)12-14-33)34-25(32-19)22(18-31-34)20-9-8-10-21(30)17-20/h8-10,17-18,24H,11-16H2,1-7H3. The highest BCUT2D eigenvalue weighted by Gasteiger charge is 2.37. The van der Waals surface area contributed by atoms with Gasteiger partial charge in [-0.3, -0.25) is 0 Å². The SMILES string of the molecule is COCCOC(=O)C(OC(C)(C)C)c1c(C)nc2c(-c3cccc(Cl)c3)cnn2c1N1CCC(C)(C)CC1. The number of piperidine rings is 1. The van der Waals surface area contributed by atoms with E-state index in [2.05, 4.69) is 18.7 Å². The van der Waals surface area contributed by atoms with Crippen molar-refractivity contribution in [1.29, 1.82) is 0 Å². The molecule has 1 aromatic carbocycles. The maximum Gasteiger partial charge on any atom is 0.340 e. The number of fused-ring (bicyclic) bond motifs is 1. The van der Waals surface area contributed by atoms with Gasteiger partial charge in [-0.05, 0) is 63.6 Å². The van der Waals surface area contributed by atoms with E-state index >= 15 is 0 Å². The normalized spacial score (nSPS) is 16.6. The van der Waals surface area contributed by atoms with Crippen LogP contribution in [0.25, 0.3) is 16.8 Å². The van der Waals surface area contributed by atoms with E-state index in [-0.39, 0.29) is 12.0 Å². The van der Waals surface area contributed by atoms with Crippen molar-refractivity contribution in [2.45, 2.75) is 66.1 Å². The van der Waals surface area contributed by atoms with Crippen LogP contribution < -0.4 is 4.90 Å². The zero-order valence-electron chi connectivity index (χ0n) is 23.5. The lowest BCUT2D eigenvalue weighted by atomic mass is 9.82. The molecule has 0 radical (unpaired) electrons. The third-order valence-corrected chi connectivity index (χ3v) is 7.12. The Labute approximate surface area is 230 Å². The summed E-state index contributed by atoms with van der Waals surface area (Å²) in [6.07, 6.45) is 2.86. The Bertz CT molecular complexity index is 1290. The number of hydrogen-bond donors (Lipinski definition) is 0. The van der Waals surface area contributed by atoms with Crippen molar-refractivity contribution in [2.75, 3.05) is 38.3 Å². The molecule has 2 aromatic heterocycles. The Morgan fingerprint density at radius 3 is 2.53 bits per heavy atom. The number of aromatic nitrogens is 3. The van der Waals surface area contributed by atoms with Crippen LogP contribution in [0.2, 0.25) is 5.02 Å². The molecule has 8 nitrogen and oxygen atoms in total. The quantitative estimate of drug-likeness (QED) is 0.254. The van der Waals surface area contributed by atoms with Crippen LogP contribution in [0.3, 0.4) is 0 Å². The molecule has 1 fully saturated rings. The zero-order chi connectivity index (χ0) is 27.7. The highest BCUT2D eigenvalue weighted by Crippen LogP contribution is 2.40. The molecule has 1 unspecified atom stereocenters. The van der Waals surface area contributed by atoms with Gasteiger partial charge in [-0.15, -0.1) is 0 Å². The van der Waals surface area contributed by atoms with Crippen molar-refractivity contribution in [2.24, 2.45) is 5.41 Å². The Morgan fingerprint density at radius 2 is 1.89 bits per heavy atom. The first-order valence-electron chi connectivity index (χ1n) is 13.1. The Kier molecular flexibility index (Phi) is 8.35. The largest absolute Gasteiger partial charge is 0.461 e. The average molecular weight is 543 g/mol. The highest BCUT2D eigenvalue weighted by molar-refractivity contribution is 6.30. The van der Waals surface area contributed by atoms with E-state index in [1.165, 1.54) is 0 Å². The third-order valence-electron chi connectivity index (χ3n) is 6.88. The predicted molar refractivity (Wildman–Crippen MR) is 150 cm³/mol. The fraction of sp³-hybridized carbons (Fsp3) is 0.552. The van der Waals surface area contributed by atoms with Gasteiger partial charge in [0.25, 0.3) is 0 Å². The van der Waals surface area contributed by atoms with Crippen LogP contribution >= 0.6 is 11.6 Å². The number of rotatable bonds is 8. The molecule has 3 heterocycles. The topological polar surface area (TPSA) is 78.2 Å². The van der Waals surface area contributed by atoms with Gasteiger partial charge in [0.1, 0.15) is 12.4 Å². The summed E-state index contributed by atoms with van der Waals surface area (Å²) in [6.45, 7) is 14.4. The minimum absolute atomic E-state index is 0.141. The molecule has 1 aliphatic heterocycles. The number of halogens is 1. The number of esters is 1. The second-order valence-electron chi connectivity index (χ2n) is 11.7. The van der Waals surface area contributed by atoms with Gasteiger partial charge in [0.05, 0.1) is 24.0 Å². The van der Waals surface area contributed by atoms with Gasteiger partial charge >= 0.3 is 5.97 Å². The maximum absolute atomic E-state index is 13.5. The van der Waals surface area contributed by atoms with Crippen LogP contribution in [0.15, 0.2) is 30.5 Å². The minimum Gasteiger partial charge on any atom is -0.461 e. The number of anilines is 1. The molecule has 1 aliphatic rings. The number of benzene rings is 1. The second kappa shape index (κ2) is 11.2. The van der Waals surface area contributed by atoms with E-state index in [4.69, 9.17) is 35.9 Å². The third kappa shape index (κ3) is 6.30. The van der Waals surface area contributed by atoms with Gasteiger partial charge < -0.3 is 19.1 Å². The molecule has 0 N–H and O–H groups in total. The first-order chi connectivity index (χ1) is 17.9. The molecular formula is C29H39ClN4O4. The molecule has 0 saturated carbocycles. The van der Waals surface area contributed by atoms with Crippen LogP contribution in [-0.4, -0.2) is 59.6 Å². The summed E-state index contributed by atoms with van der Waals surface area (Å²) in [7, 11) is 1.57.